The summed E-state index contributed by atoms with van der Waals surface area (Å²) in [4.78, 5) is 13.6. The molecule has 0 radical (unpaired) electrons. The van der Waals surface area contributed by atoms with Gasteiger partial charge in [-0.1, -0.05) is 13.8 Å². The van der Waals surface area contributed by atoms with E-state index >= 15 is 0 Å². The Hall–Kier alpha value is -0.280. The monoisotopic (exact) mass is 221 g/mol. The van der Waals surface area contributed by atoms with Crippen LogP contribution in [-0.4, -0.2) is 43.5 Å². The molecule has 0 rings (SSSR count). The van der Waals surface area contributed by atoms with Gasteiger partial charge in [0.2, 0.25) is 5.91 Å². The van der Waals surface area contributed by atoms with E-state index in [1.807, 2.05) is 13.8 Å². The number of hydrogen-bond donors (Lipinski definition) is 0. The molecule has 1 atom stereocenters. The maximum absolute atomic E-state index is 11.8. The third-order valence-electron chi connectivity index (χ3n) is 2.27. The lowest BCUT2D eigenvalue weighted by Crippen LogP contribution is -2.38. The summed E-state index contributed by atoms with van der Waals surface area (Å²) in [6.07, 6.45) is 0.866. The van der Waals surface area contributed by atoms with Crippen molar-refractivity contribution in [3.63, 3.8) is 0 Å². The highest BCUT2D eigenvalue weighted by atomic mass is 35.5. The first kappa shape index (κ1) is 13.7. The number of nitrogens with zero attached hydrogens (tertiary/aromatic N) is 1. The van der Waals surface area contributed by atoms with Crippen LogP contribution in [0.25, 0.3) is 0 Å². The second kappa shape index (κ2) is 8.06. The van der Waals surface area contributed by atoms with Crippen LogP contribution in [0.3, 0.4) is 0 Å². The van der Waals surface area contributed by atoms with Gasteiger partial charge < -0.3 is 9.64 Å². The Morgan fingerprint density at radius 3 is 2.57 bits per heavy atom. The molecule has 0 saturated heterocycles. The van der Waals surface area contributed by atoms with Crippen molar-refractivity contribution in [3.8, 4) is 0 Å². The van der Waals surface area contributed by atoms with Crippen molar-refractivity contribution < 1.29 is 9.53 Å². The zero-order chi connectivity index (χ0) is 11.0. The Labute approximate surface area is 91.4 Å². The topological polar surface area (TPSA) is 29.5 Å². The number of rotatable bonds is 7. The molecular formula is C10H20ClNO2. The molecule has 0 aliphatic carbocycles. The lowest BCUT2D eigenvalue weighted by Gasteiger charge is -2.24. The fraction of sp³-hybridized carbons (Fsp3) is 0.900. The zero-order valence-electron chi connectivity index (χ0n) is 9.25. The second-order valence-corrected chi connectivity index (χ2v) is 3.69. The van der Waals surface area contributed by atoms with Crippen LogP contribution in [0.4, 0.5) is 0 Å². The van der Waals surface area contributed by atoms with E-state index in [2.05, 4.69) is 0 Å². The molecule has 0 fully saturated rings. The van der Waals surface area contributed by atoms with Gasteiger partial charge in [0.15, 0.2) is 0 Å². The molecule has 0 bridgehead atoms. The van der Waals surface area contributed by atoms with Gasteiger partial charge >= 0.3 is 0 Å². The van der Waals surface area contributed by atoms with Gasteiger partial charge in [-0.2, -0.15) is 0 Å². The van der Waals surface area contributed by atoms with Crippen molar-refractivity contribution in [2.45, 2.75) is 20.3 Å². The third-order valence-corrected chi connectivity index (χ3v) is 2.43. The number of hydrogen-bond acceptors (Lipinski definition) is 2. The van der Waals surface area contributed by atoms with Crippen LogP contribution in [0, 0.1) is 5.92 Å². The first-order valence-electron chi connectivity index (χ1n) is 5.01. The molecule has 84 valence electrons. The largest absolute Gasteiger partial charge is 0.383 e. The molecule has 0 aliphatic rings. The maximum Gasteiger partial charge on any atom is 0.225 e. The zero-order valence-corrected chi connectivity index (χ0v) is 10.0. The summed E-state index contributed by atoms with van der Waals surface area (Å²) in [5, 5.41) is 0. The number of carbonyl (C=O) groups is 1. The third kappa shape index (κ3) is 4.82. The molecule has 1 amide bonds. The van der Waals surface area contributed by atoms with Gasteiger partial charge in [0.1, 0.15) is 0 Å². The van der Waals surface area contributed by atoms with Crippen molar-refractivity contribution in [2.75, 3.05) is 32.7 Å². The van der Waals surface area contributed by atoms with Crippen LogP contribution in [0.2, 0.25) is 0 Å². The van der Waals surface area contributed by atoms with Gasteiger partial charge in [-0.05, 0) is 6.42 Å². The van der Waals surface area contributed by atoms with E-state index in [1.54, 1.807) is 12.0 Å². The highest BCUT2D eigenvalue weighted by Gasteiger charge is 2.17. The fourth-order valence-electron chi connectivity index (χ4n) is 1.12. The first-order valence-corrected chi connectivity index (χ1v) is 5.54. The van der Waals surface area contributed by atoms with Crippen molar-refractivity contribution in [1.29, 1.82) is 0 Å². The predicted molar refractivity (Wildman–Crippen MR) is 58.6 cm³/mol. The average Bonchev–Trinajstić information content (AvgIpc) is 2.22. The van der Waals surface area contributed by atoms with E-state index in [9.17, 15) is 4.79 Å². The van der Waals surface area contributed by atoms with Gasteiger partial charge in [-0.15, -0.1) is 11.6 Å². The van der Waals surface area contributed by atoms with Crippen molar-refractivity contribution in [1.82, 2.24) is 4.90 Å². The molecule has 0 saturated carbocycles. The molecule has 0 aromatic rings. The molecule has 14 heavy (non-hydrogen) atoms. The molecule has 0 heterocycles. The Morgan fingerprint density at radius 2 is 2.14 bits per heavy atom. The van der Waals surface area contributed by atoms with E-state index in [1.165, 1.54) is 0 Å². The summed E-state index contributed by atoms with van der Waals surface area (Å²) in [5.41, 5.74) is 0. The van der Waals surface area contributed by atoms with Gasteiger partial charge in [-0.25, -0.2) is 0 Å². The summed E-state index contributed by atoms with van der Waals surface area (Å²) >= 11 is 5.63. The fourth-order valence-corrected chi connectivity index (χ4v) is 1.33. The number of ether oxygens (including phenoxy) is 1. The predicted octanol–water partition coefficient (Wildman–Crippen LogP) is 1.75. The maximum atomic E-state index is 11.8. The molecular weight excluding hydrogens is 202 g/mol. The van der Waals surface area contributed by atoms with Crippen LogP contribution in [-0.2, 0) is 9.53 Å². The van der Waals surface area contributed by atoms with Crippen LogP contribution < -0.4 is 0 Å². The highest BCUT2D eigenvalue weighted by Crippen LogP contribution is 2.06. The number of alkyl halides is 1. The lowest BCUT2D eigenvalue weighted by molar-refractivity contribution is -0.135. The van der Waals surface area contributed by atoms with Crippen LogP contribution in [0.1, 0.15) is 20.3 Å². The quantitative estimate of drug-likeness (QED) is 0.613. The van der Waals surface area contributed by atoms with Crippen molar-refractivity contribution >= 4 is 17.5 Å². The molecule has 0 N–H and O–H groups in total. The minimum absolute atomic E-state index is 0.0788. The minimum Gasteiger partial charge on any atom is -0.383 e. The van der Waals surface area contributed by atoms with Crippen LogP contribution in [0.15, 0.2) is 0 Å². The van der Waals surface area contributed by atoms with Crippen LogP contribution >= 0.6 is 11.6 Å². The van der Waals surface area contributed by atoms with Gasteiger partial charge in [0.25, 0.3) is 0 Å². The van der Waals surface area contributed by atoms with Crippen LogP contribution in [0.5, 0.6) is 0 Å². The first-order chi connectivity index (χ1) is 6.67. The summed E-state index contributed by atoms with van der Waals surface area (Å²) in [6, 6.07) is 0. The summed E-state index contributed by atoms with van der Waals surface area (Å²) in [5.74, 6) is 0.728. The summed E-state index contributed by atoms with van der Waals surface area (Å²) in [6.45, 7) is 5.76. The second-order valence-electron chi connectivity index (χ2n) is 3.32. The van der Waals surface area contributed by atoms with Crippen molar-refractivity contribution in [2.24, 2.45) is 5.92 Å². The SMILES string of the molecule is CCC(C)C(=O)N(CCCl)CCOC. The van der Waals surface area contributed by atoms with E-state index in [0.717, 1.165) is 6.42 Å². The highest BCUT2D eigenvalue weighted by molar-refractivity contribution is 6.18. The number of halogens is 1. The van der Waals surface area contributed by atoms with Crippen molar-refractivity contribution in [3.05, 3.63) is 0 Å². The Bertz CT molecular complexity index is 164. The molecule has 1 unspecified atom stereocenters. The number of amides is 1. The van der Waals surface area contributed by atoms with Gasteiger partial charge in [0.05, 0.1) is 6.61 Å². The molecule has 0 aliphatic heterocycles. The normalized spacial score (nSPS) is 12.6. The number of carbonyl (C=O) groups excluding carboxylic acids is 1. The smallest absolute Gasteiger partial charge is 0.225 e. The number of methoxy groups -OCH3 is 1. The minimum atomic E-state index is 0.0788. The van der Waals surface area contributed by atoms with E-state index in [4.69, 9.17) is 16.3 Å². The van der Waals surface area contributed by atoms with E-state index in [0.29, 0.717) is 25.6 Å². The van der Waals surface area contributed by atoms with E-state index in [-0.39, 0.29) is 11.8 Å². The molecule has 0 aromatic heterocycles. The lowest BCUT2D eigenvalue weighted by atomic mass is 10.1. The Morgan fingerprint density at radius 1 is 1.50 bits per heavy atom. The molecule has 3 nitrogen and oxygen atoms in total. The van der Waals surface area contributed by atoms with Gasteiger partial charge in [0, 0.05) is 32.0 Å². The average molecular weight is 222 g/mol. The van der Waals surface area contributed by atoms with E-state index < -0.39 is 0 Å². The summed E-state index contributed by atoms with van der Waals surface area (Å²) in [7, 11) is 1.63. The van der Waals surface area contributed by atoms with Gasteiger partial charge in [-0.3, -0.25) is 4.79 Å². The standard InChI is InChI=1S/C10H20ClNO2/c1-4-9(2)10(13)12(6-5-11)7-8-14-3/h9H,4-8H2,1-3H3. The molecule has 0 aromatic carbocycles. The summed E-state index contributed by atoms with van der Waals surface area (Å²) < 4.78 is 4.95. The molecule has 4 heteroatoms. The Kier molecular flexibility index (Phi) is 7.90. The Balaban J connectivity index is 4.10. The molecule has 0 spiro atoms.